The van der Waals surface area contributed by atoms with Crippen LogP contribution in [0, 0.1) is 6.07 Å². The second-order valence-corrected chi connectivity index (χ2v) is 4.12. The minimum absolute atomic E-state index is 0.741. The van der Waals surface area contributed by atoms with Gasteiger partial charge in [-0.2, -0.15) is 0 Å². The van der Waals surface area contributed by atoms with E-state index >= 15 is 0 Å². The highest BCUT2D eigenvalue weighted by Gasteiger charge is 1.99. The van der Waals surface area contributed by atoms with Gasteiger partial charge in [0, 0.05) is 6.54 Å². The summed E-state index contributed by atoms with van der Waals surface area (Å²) in [5.41, 5.74) is 1.000. The Morgan fingerprint density at radius 1 is 1.38 bits per heavy atom. The maximum atomic E-state index is 6.02. The number of rotatable bonds is 7. The van der Waals surface area contributed by atoms with Crippen LogP contribution in [0.1, 0.15) is 20.3 Å². The number of halogens is 1. The molecule has 0 bridgehead atoms. The summed E-state index contributed by atoms with van der Waals surface area (Å²) < 4.78 is 0. The van der Waals surface area contributed by atoms with Crippen LogP contribution in [0.4, 0.5) is 5.69 Å². The lowest BCUT2D eigenvalue weighted by Crippen LogP contribution is -2.25. The Balaban J connectivity index is 2.23. The third-order valence-electron chi connectivity index (χ3n) is 2.67. The standard InChI is InChI=1S/C13H20ClN2/c1-3-16(4-2)11-7-10-15-13-9-6-5-8-12(13)14/h6,8-9,15H,3-4,7,10-11H2,1-2H3. The third-order valence-corrected chi connectivity index (χ3v) is 2.99. The SMILES string of the molecule is CCN(CC)CCCNc1cc[c]cc1Cl. The molecular formula is C13H20ClN2. The van der Waals surface area contributed by atoms with Crippen LogP contribution in [0.25, 0.3) is 0 Å². The van der Waals surface area contributed by atoms with Gasteiger partial charge in [-0.15, -0.1) is 0 Å². The summed E-state index contributed by atoms with van der Waals surface area (Å²) >= 11 is 6.02. The highest BCUT2D eigenvalue weighted by Crippen LogP contribution is 2.19. The maximum Gasteiger partial charge on any atom is 0.0643 e. The van der Waals surface area contributed by atoms with Crippen molar-refractivity contribution in [2.75, 3.05) is 31.5 Å². The van der Waals surface area contributed by atoms with Crippen LogP contribution in [-0.4, -0.2) is 31.1 Å². The summed E-state index contributed by atoms with van der Waals surface area (Å²) in [7, 11) is 0. The average Bonchev–Trinajstić information content (AvgIpc) is 2.31. The molecule has 0 atom stereocenters. The molecular weight excluding hydrogens is 220 g/mol. The Bertz CT molecular complexity index is 298. The summed E-state index contributed by atoms with van der Waals surface area (Å²) in [6.07, 6.45) is 1.14. The van der Waals surface area contributed by atoms with Crippen molar-refractivity contribution in [2.24, 2.45) is 0 Å². The highest BCUT2D eigenvalue weighted by atomic mass is 35.5. The predicted molar refractivity (Wildman–Crippen MR) is 71.2 cm³/mol. The average molecular weight is 240 g/mol. The molecule has 0 aromatic heterocycles. The molecule has 0 unspecified atom stereocenters. The number of nitrogens with zero attached hydrogens (tertiary/aromatic N) is 1. The number of hydrogen-bond acceptors (Lipinski definition) is 2. The molecule has 0 aliphatic heterocycles. The highest BCUT2D eigenvalue weighted by molar-refractivity contribution is 6.33. The van der Waals surface area contributed by atoms with Gasteiger partial charge in [-0.05, 0) is 44.3 Å². The molecule has 0 heterocycles. The second-order valence-electron chi connectivity index (χ2n) is 3.71. The smallest absolute Gasteiger partial charge is 0.0643 e. The molecule has 3 heteroatoms. The van der Waals surface area contributed by atoms with Gasteiger partial charge in [0.05, 0.1) is 10.7 Å². The zero-order valence-corrected chi connectivity index (χ0v) is 10.8. The normalized spacial score (nSPS) is 10.8. The van der Waals surface area contributed by atoms with Crippen LogP contribution in [0.5, 0.6) is 0 Å². The van der Waals surface area contributed by atoms with Gasteiger partial charge in [0.15, 0.2) is 0 Å². The van der Waals surface area contributed by atoms with Gasteiger partial charge in [-0.1, -0.05) is 31.5 Å². The van der Waals surface area contributed by atoms with Crippen LogP contribution in [0.3, 0.4) is 0 Å². The molecule has 0 aliphatic rings. The summed E-state index contributed by atoms with van der Waals surface area (Å²) in [4.78, 5) is 2.42. The molecule has 0 amide bonds. The Kier molecular flexibility index (Phi) is 6.27. The Morgan fingerprint density at radius 2 is 2.12 bits per heavy atom. The van der Waals surface area contributed by atoms with E-state index in [0.717, 1.165) is 43.3 Å². The summed E-state index contributed by atoms with van der Waals surface area (Å²) in [5.74, 6) is 0. The van der Waals surface area contributed by atoms with Crippen molar-refractivity contribution in [1.82, 2.24) is 4.90 Å². The number of benzene rings is 1. The molecule has 1 aromatic carbocycles. The maximum absolute atomic E-state index is 6.02. The lowest BCUT2D eigenvalue weighted by molar-refractivity contribution is 0.303. The second kappa shape index (κ2) is 7.53. The van der Waals surface area contributed by atoms with Gasteiger partial charge >= 0.3 is 0 Å². The zero-order chi connectivity index (χ0) is 11.8. The third kappa shape index (κ3) is 4.42. The molecule has 0 fully saturated rings. The van der Waals surface area contributed by atoms with Gasteiger partial charge in [-0.3, -0.25) is 0 Å². The number of hydrogen-bond donors (Lipinski definition) is 1. The monoisotopic (exact) mass is 239 g/mol. The van der Waals surface area contributed by atoms with E-state index in [0.29, 0.717) is 0 Å². The number of nitrogens with one attached hydrogen (secondary N) is 1. The van der Waals surface area contributed by atoms with Gasteiger partial charge in [0.2, 0.25) is 0 Å². The van der Waals surface area contributed by atoms with Crippen molar-refractivity contribution < 1.29 is 0 Å². The first-order chi connectivity index (χ1) is 7.77. The molecule has 16 heavy (non-hydrogen) atoms. The van der Waals surface area contributed by atoms with E-state index in [4.69, 9.17) is 11.6 Å². The summed E-state index contributed by atoms with van der Waals surface area (Å²) in [6, 6.07) is 8.57. The first-order valence-corrected chi connectivity index (χ1v) is 6.27. The van der Waals surface area contributed by atoms with Gasteiger partial charge in [-0.25, -0.2) is 0 Å². The topological polar surface area (TPSA) is 15.3 Å². The van der Waals surface area contributed by atoms with E-state index in [1.807, 2.05) is 12.1 Å². The Hall–Kier alpha value is -0.730. The molecule has 1 aromatic rings. The molecule has 0 saturated heterocycles. The number of anilines is 1. The molecule has 1 N–H and O–H groups in total. The first-order valence-electron chi connectivity index (χ1n) is 5.89. The fourth-order valence-electron chi connectivity index (χ4n) is 1.62. The Morgan fingerprint density at radius 3 is 2.75 bits per heavy atom. The van der Waals surface area contributed by atoms with Crippen LogP contribution >= 0.6 is 11.6 Å². The summed E-state index contributed by atoms with van der Waals surface area (Å²) in [5, 5.41) is 4.08. The molecule has 1 radical (unpaired) electrons. The lowest BCUT2D eigenvalue weighted by Gasteiger charge is -2.18. The van der Waals surface area contributed by atoms with Crippen molar-refractivity contribution in [3.05, 3.63) is 29.3 Å². The first kappa shape index (κ1) is 13.3. The van der Waals surface area contributed by atoms with Gasteiger partial charge in [0.1, 0.15) is 0 Å². The van der Waals surface area contributed by atoms with Gasteiger partial charge in [0.25, 0.3) is 0 Å². The van der Waals surface area contributed by atoms with Crippen LogP contribution in [-0.2, 0) is 0 Å². The Labute approximate surface area is 104 Å². The minimum atomic E-state index is 0.741. The van der Waals surface area contributed by atoms with Crippen LogP contribution in [0.15, 0.2) is 18.2 Å². The van der Waals surface area contributed by atoms with E-state index < -0.39 is 0 Å². The van der Waals surface area contributed by atoms with Crippen LogP contribution < -0.4 is 5.32 Å². The van der Waals surface area contributed by atoms with Gasteiger partial charge < -0.3 is 10.2 Å². The predicted octanol–water partition coefficient (Wildman–Crippen LogP) is 3.28. The minimum Gasteiger partial charge on any atom is -0.384 e. The lowest BCUT2D eigenvalue weighted by atomic mass is 10.3. The summed E-state index contributed by atoms with van der Waals surface area (Å²) in [6.45, 7) is 8.73. The van der Waals surface area contributed by atoms with Crippen LogP contribution in [0.2, 0.25) is 5.02 Å². The molecule has 2 nitrogen and oxygen atoms in total. The fraction of sp³-hybridized carbons (Fsp3) is 0.538. The van der Waals surface area contributed by atoms with E-state index in [9.17, 15) is 0 Å². The van der Waals surface area contributed by atoms with Crippen molar-refractivity contribution in [3.63, 3.8) is 0 Å². The quantitative estimate of drug-likeness (QED) is 0.735. The van der Waals surface area contributed by atoms with E-state index in [-0.39, 0.29) is 0 Å². The zero-order valence-electron chi connectivity index (χ0n) is 10.1. The van der Waals surface area contributed by atoms with Crippen molar-refractivity contribution >= 4 is 17.3 Å². The van der Waals surface area contributed by atoms with E-state index in [2.05, 4.69) is 30.1 Å². The van der Waals surface area contributed by atoms with Crippen molar-refractivity contribution in [2.45, 2.75) is 20.3 Å². The fourth-order valence-corrected chi connectivity index (χ4v) is 1.81. The molecule has 0 aliphatic carbocycles. The molecule has 0 saturated carbocycles. The van der Waals surface area contributed by atoms with Crippen molar-refractivity contribution in [1.29, 1.82) is 0 Å². The molecule has 89 valence electrons. The largest absolute Gasteiger partial charge is 0.384 e. The van der Waals surface area contributed by atoms with E-state index in [1.165, 1.54) is 0 Å². The molecule has 1 rings (SSSR count). The van der Waals surface area contributed by atoms with E-state index in [1.54, 1.807) is 6.07 Å². The van der Waals surface area contributed by atoms with Crippen molar-refractivity contribution in [3.8, 4) is 0 Å². The molecule has 0 spiro atoms.